The molecule has 110 valence electrons. The summed E-state index contributed by atoms with van der Waals surface area (Å²) in [7, 11) is 0. The maximum Gasteiger partial charge on any atom is 0.310 e. The van der Waals surface area contributed by atoms with Crippen LogP contribution in [0, 0.1) is 5.92 Å². The molecule has 0 radical (unpaired) electrons. The molecule has 1 aliphatic heterocycles. The van der Waals surface area contributed by atoms with Crippen LogP contribution < -0.4 is 5.32 Å². The fourth-order valence-electron chi connectivity index (χ4n) is 2.69. The molecule has 0 amide bonds. The number of hydrogen-bond acceptors (Lipinski definition) is 3. The summed E-state index contributed by atoms with van der Waals surface area (Å²) >= 11 is 12.1. The van der Waals surface area contributed by atoms with E-state index in [0.29, 0.717) is 23.2 Å². The first kappa shape index (κ1) is 15.6. The molecule has 3 nitrogen and oxygen atoms in total. The zero-order valence-electron chi connectivity index (χ0n) is 11.5. The van der Waals surface area contributed by atoms with E-state index in [-0.39, 0.29) is 17.8 Å². The topological polar surface area (TPSA) is 38.3 Å². The lowest BCUT2D eigenvalue weighted by Gasteiger charge is -2.24. The maximum absolute atomic E-state index is 12.2. The zero-order chi connectivity index (χ0) is 14.5. The SMILES string of the molecule is CCOC(=O)C1CNCCCC1c1ccc(Cl)c(Cl)c1. The standard InChI is InChI=1S/C15H19Cl2NO2/c1-2-20-15(19)12-9-18-7-3-4-11(12)10-5-6-13(16)14(17)8-10/h5-6,8,11-12,18H,2-4,7,9H2,1H3. The molecule has 0 aromatic heterocycles. The summed E-state index contributed by atoms with van der Waals surface area (Å²) in [5.41, 5.74) is 1.06. The Bertz CT molecular complexity index is 479. The van der Waals surface area contributed by atoms with Crippen LogP contribution in [0.25, 0.3) is 0 Å². The quantitative estimate of drug-likeness (QED) is 0.865. The van der Waals surface area contributed by atoms with Gasteiger partial charge in [0, 0.05) is 6.54 Å². The van der Waals surface area contributed by atoms with Gasteiger partial charge in [-0.3, -0.25) is 4.79 Å². The van der Waals surface area contributed by atoms with Gasteiger partial charge in [-0.05, 0) is 49.9 Å². The first-order chi connectivity index (χ1) is 9.63. The maximum atomic E-state index is 12.2. The Morgan fingerprint density at radius 2 is 2.20 bits per heavy atom. The van der Waals surface area contributed by atoms with Gasteiger partial charge in [-0.1, -0.05) is 29.3 Å². The van der Waals surface area contributed by atoms with Crippen molar-refractivity contribution in [2.45, 2.75) is 25.7 Å². The van der Waals surface area contributed by atoms with E-state index in [0.717, 1.165) is 24.9 Å². The molecule has 1 aromatic rings. The second-order valence-electron chi connectivity index (χ2n) is 4.98. The number of nitrogens with one attached hydrogen (secondary N) is 1. The second kappa shape index (κ2) is 7.30. The van der Waals surface area contributed by atoms with Crippen LogP contribution in [0.4, 0.5) is 0 Å². The molecule has 2 atom stereocenters. The van der Waals surface area contributed by atoms with Crippen LogP contribution in [0.5, 0.6) is 0 Å². The molecule has 20 heavy (non-hydrogen) atoms. The second-order valence-corrected chi connectivity index (χ2v) is 5.80. The first-order valence-electron chi connectivity index (χ1n) is 6.95. The third kappa shape index (κ3) is 3.66. The van der Waals surface area contributed by atoms with Crippen LogP contribution in [0.1, 0.15) is 31.2 Å². The van der Waals surface area contributed by atoms with Crippen molar-refractivity contribution in [3.05, 3.63) is 33.8 Å². The van der Waals surface area contributed by atoms with Crippen molar-refractivity contribution in [2.24, 2.45) is 5.92 Å². The highest BCUT2D eigenvalue weighted by molar-refractivity contribution is 6.42. The number of halogens is 2. The molecule has 1 saturated heterocycles. The Morgan fingerprint density at radius 3 is 2.90 bits per heavy atom. The molecule has 5 heteroatoms. The van der Waals surface area contributed by atoms with Crippen LogP contribution in [0.15, 0.2) is 18.2 Å². The molecule has 1 heterocycles. The lowest BCUT2D eigenvalue weighted by atomic mass is 9.83. The van der Waals surface area contributed by atoms with E-state index in [2.05, 4.69) is 5.32 Å². The van der Waals surface area contributed by atoms with Crippen molar-refractivity contribution >= 4 is 29.2 Å². The molecular weight excluding hydrogens is 297 g/mol. The minimum Gasteiger partial charge on any atom is -0.466 e. The van der Waals surface area contributed by atoms with Gasteiger partial charge in [-0.25, -0.2) is 0 Å². The summed E-state index contributed by atoms with van der Waals surface area (Å²) in [6.07, 6.45) is 1.97. The van der Waals surface area contributed by atoms with Crippen LogP contribution in [-0.4, -0.2) is 25.7 Å². The number of ether oxygens (including phenoxy) is 1. The predicted octanol–water partition coefficient (Wildman–Crippen LogP) is 3.64. The molecule has 1 aromatic carbocycles. The third-order valence-electron chi connectivity index (χ3n) is 3.68. The van der Waals surface area contributed by atoms with Gasteiger partial charge in [0.1, 0.15) is 0 Å². The zero-order valence-corrected chi connectivity index (χ0v) is 13.0. The largest absolute Gasteiger partial charge is 0.466 e. The molecule has 0 aliphatic carbocycles. The molecule has 1 N–H and O–H groups in total. The Kier molecular flexibility index (Phi) is 5.70. The van der Waals surface area contributed by atoms with E-state index in [1.165, 1.54) is 0 Å². The van der Waals surface area contributed by atoms with Gasteiger partial charge in [-0.2, -0.15) is 0 Å². The smallest absolute Gasteiger partial charge is 0.310 e. The van der Waals surface area contributed by atoms with Gasteiger partial charge in [0.2, 0.25) is 0 Å². The summed E-state index contributed by atoms with van der Waals surface area (Å²) in [6.45, 7) is 3.80. The highest BCUT2D eigenvalue weighted by atomic mass is 35.5. The molecular formula is C15H19Cl2NO2. The average molecular weight is 316 g/mol. The Labute approximate surface area is 129 Å². The van der Waals surface area contributed by atoms with E-state index in [1.807, 2.05) is 19.1 Å². The third-order valence-corrected chi connectivity index (χ3v) is 4.42. The van der Waals surface area contributed by atoms with Gasteiger partial charge >= 0.3 is 5.97 Å². The van der Waals surface area contributed by atoms with Gasteiger partial charge < -0.3 is 10.1 Å². The van der Waals surface area contributed by atoms with Crippen LogP contribution in [0.3, 0.4) is 0 Å². The highest BCUT2D eigenvalue weighted by Crippen LogP contribution is 2.35. The van der Waals surface area contributed by atoms with Crippen molar-refractivity contribution in [3.63, 3.8) is 0 Å². The molecule has 2 rings (SSSR count). The van der Waals surface area contributed by atoms with Crippen molar-refractivity contribution in [3.8, 4) is 0 Å². The Balaban J connectivity index is 2.27. The lowest BCUT2D eigenvalue weighted by Crippen LogP contribution is -2.32. The fourth-order valence-corrected chi connectivity index (χ4v) is 2.99. The van der Waals surface area contributed by atoms with Crippen molar-refractivity contribution in [1.82, 2.24) is 5.32 Å². The minimum absolute atomic E-state index is 0.124. The monoisotopic (exact) mass is 315 g/mol. The highest BCUT2D eigenvalue weighted by Gasteiger charge is 2.32. The van der Waals surface area contributed by atoms with Gasteiger partial charge in [-0.15, -0.1) is 0 Å². The molecule has 1 aliphatic rings. The van der Waals surface area contributed by atoms with E-state index in [4.69, 9.17) is 27.9 Å². The minimum atomic E-state index is -0.172. The average Bonchev–Trinajstić information content (AvgIpc) is 2.68. The van der Waals surface area contributed by atoms with E-state index < -0.39 is 0 Å². The van der Waals surface area contributed by atoms with E-state index >= 15 is 0 Å². The molecule has 1 fully saturated rings. The number of esters is 1. The lowest BCUT2D eigenvalue weighted by molar-refractivity contribution is -0.148. The van der Waals surface area contributed by atoms with Crippen molar-refractivity contribution < 1.29 is 9.53 Å². The van der Waals surface area contributed by atoms with E-state index in [9.17, 15) is 4.79 Å². The molecule has 2 unspecified atom stereocenters. The van der Waals surface area contributed by atoms with Gasteiger partial charge in [0.15, 0.2) is 0 Å². The van der Waals surface area contributed by atoms with E-state index in [1.54, 1.807) is 6.07 Å². The number of carbonyl (C=O) groups excluding carboxylic acids is 1. The Morgan fingerprint density at radius 1 is 1.40 bits per heavy atom. The number of carbonyl (C=O) groups is 1. The summed E-state index contributed by atoms with van der Waals surface area (Å²) in [6, 6.07) is 5.61. The van der Waals surface area contributed by atoms with Gasteiger partial charge in [0.05, 0.1) is 22.6 Å². The van der Waals surface area contributed by atoms with Crippen molar-refractivity contribution in [1.29, 1.82) is 0 Å². The summed E-state index contributed by atoms with van der Waals surface area (Å²) < 4.78 is 5.20. The van der Waals surface area contributed by atoms with Gasteiger partial charge in [0.25, 0.3) is 0 Å². The first-order valence-corrected chi connectivity index (χ1v) is 7.71. The number of hydrogen-bond donors (Lipinski definition) is 1. The molecule has 0 bridgehead atoms. The fraction of sp³-hybridized carbons (Fsp3) is 0.533. The predicted molar refractivity (Wildman–Crippen MR) is 81.4 cm³/mol. The van der Waals surface area contributed by atoms with Crippen LogP contribution in [0.2, 0.25) is 10.0 Å². The van der Waals surface area contributed by atoms with Crippen LogP contribution in [-0.2, 0) is 9.53 Å². The normalized spacial score (nSPS) is 23.1. The summed E-state index contributed by atoms with van der Waals surface area (Å²) in [5.74, 6) is -0.188. The number of rotatable bonds is 3. The molecule has 0 spiro atoms. The number of benzene rings is 1. The Hall–Kier alpha value is -0.770. The summed E-state index contributed by atoms with van der Waals surface area (Å²) in [5, 5.41) is 4.37. The van der Waals surface area contributed by atoms with Crippen molar-refractivity contribution in [2.75, 3.05) is 19.7 Å². The molecule has 0 saturated carbocycles. The summed E-state index contributed by atoms with van der Waals surface area (Å²) in [4.78, 5) is 12.2. The van der Waals surface area contributed by atoms with Crippen LogP contribution >= 0.6 is 23.2 Å².